The predicted octanol–water partition coefficient (Wildman–Crippen LogP) is 6.33. The minimum atomic E-state index is -1.07. The first-order valence-corrected chi connectivity index (χ1v) is 16.1. The molecule has 0 aromatic carbocycles. The Morgan fingerprint density at radius 1 is 1.18 bits per heavy atom. The second-order valence-electron chi connectivity index (χ2n) is 10.6. The maximum Gasteiger partial charge on any atom is 0.165 e. The van der Waals surface area contributed by atoms with Gasteiger partial charge < -0.3 is 4.90 Å². The minimum absolute atomic E-state index is 0.132. The Hall–Kier alpha value is -3.17. The van der Waals surface area contributed by atoms with Gasteiger partial charge in [-0.2, -0.15) is 10.2 Å². The summed E-state index contributed by atoms with van der Waals surface area (Å²) in [5, 5.41) is 0. The number of aryl methyl sites for hydroxylation is 2. The topological polar surface area (TPSA) is 92.1 Å². The van der Waals surface area contributed by atoms with Crippen molar-refractivity contribution in [3.05, 3.63) is 59.7 Å². The zero-order valence-corrected chi connectivity index (χ0v) is 25.3. The molecule has 0 saturated heterocycles. The number of aliphatic imine (C=N–C) groups is 1. The normalized spacial score (nSPS) is 14.6. The molecule has 0 radical (unpaired) electrons. The molecule has 3 heterocycles. The lowest BCUT2D eigenvalue weighted by Crippen LogP contribution is -2.33. The van der Waals surface area contributed by atoms with Crippen molar-refractivity contribution in [3.8, 4) is 11.4 Å². The fourth-order valence-electron chi connectivity index (χ4n) is 4.71. The third-order valence-corrected chi connectivity index (χ3v) is 10.00. The van der Waals surface area contributed by atoms with E-state index >= 15 is 0 Å². The van der Waals surface area contributed by atoms with Crippen molar-refractivity contribution < 1.29 is 0 Å². The molecule has 1 N–H and O–H groups in total. The molecule has 8 nitrogen and oxygen atoms in total. The van der Waals surface area contributed by atoms with E-state index in [-0.39, 0.29) is 6.04 Å². The van der Waals surface area contributed by atoms with E-state index in [1.54, 1.807) is 6.33 Å². The first-order valence-electron chi connectivity index (χ1n) is 13.7. The second kappa shape index (κ2) is 11.9. The van der Waals surface area contributed by atoms with Gasteiger partial charge >= 0.3 is 0 Å². The molecule has 1 atom stereocenters. The Morgan fingerprint density at radius 3 is 2.49 bits per heavy atom. The summed E-state index contributed by atoms with van der Waals surface area (Å²) >= 11 is 0. The number of pyridine rings is 1. The van der Waals surface area contributed by atoms with Gasteiger partial charge in [-0.05, 0) is 77.9 Å². The van der Waals surface area contributed by atoms with E-state index < -0.39 is 10.2 Å². The molecular weight excluding hydrogens is 504 g/mol. The lowest BCUT2D eigenvalue weighted by atomic mass is 10.0. The molecule has 208 valence electrons. The van der Waals surface area contributed by atoms with Gasteiger partial charge in [-0.15, -0.1) is 0 Å². The number of anilines is 1. The van der Waals surface area contributed by atoms with Crippen molar-refractivity contribution in [1.29, 1.82) is 0 Å². The van der Waals surface area contributed by atoms with Crippen molar-refractivity contribution in [2.24, 2.45) is 4.99 Å². The summed E-state index contributed by atoms with van der Waals surface area (Å²) in [5.74, 6) is 1.81. The van der Waals surface area contributed by atoms with Gasteiger partial charge in [-0.25, -0.2) is 19.9 Å². The molecule has 4 rings (SSSR count). The van der Waals surface area contributed by atoms with E-state index in [1.165, 1.54) is 4.90 Å². The maximum atomic E-state index is 5.16. The van der Waals surface area contributed by atoms with E-state index in [9.17, 15) is 0 Å². The van der Waals surface area contributed by atoms with E-state index in [0.717, 1.165) is 65.5 Å². The highest BCUT2D eigenvalue weighted by Crippen LogP contribution is 2.45. The Labute approximate surface area is 235 Å². The molecule has 3 aromatic heterocycles. The first kappa shape index (κ1) is 28.8. The largest absolute Gasteiger partial charge is 0.326 e. The molecule has 39 heavy (non-hydrogen) atoms. The van der Waals surface area contributed by atoms with E-state index in [4.69, 9.17) is 15.0 Å². The average Bonchev–Trinajstić information content (AvgIpc) is 3.78. The first-order chi connectivity index (χ1) is 18.6. The monoisotopic (exact) mass is 546 g/mol. The van der Waals surface area contributed by atoms with Gasteiger partial charge in [0.1, 0.15) is 12.0 Å². The van der Waals surface area contributed by atoms with Crippen LogP contribution in [-0.4, -0.2) is 57.2 Å². The summed E-state index contributed by atoms with van der Waals surface area (Å²) in [6, 6.07) is 4.40. The van der Waals surface area contributed by atoms with Gasteiger partial charge in [0.15, 0.2) is 11.6 Å². The van der Waals surface area contributed by atoms with Crippen molar-refractivity contribution in [2.75, 3.05) is 24.5 Å². The highest BCUT2D eigenvalue weighted by molar-refractivity contribution is 8.31. The lowest BCUT2D eigenvalue weighted by Gasteiger charge is -2.33. The highest BCUT2D eigenvalue weighted by Gasteiger charge is 2.32. The molecule has 1 fully saturated rings. The zero-order valence-electron chi connectivity index (χ0n) is 24.5. The fourth-order valence-corrected chi connectivity index (χ4v) is 5.67. The second-order valence-corrected chi connectivity index (χ2v) is 14.1. The fraction of sp³-hybridized carbons (Fsp3) is 0.467. The molecule has 1 aliphatic rings. The van der Waals surface area contributed by atoms with E-state index in [1.807, 2.05) is 20.2 Å². The van der Waals surface area contributed by atoms with Gasteiger partial charge in [0, 0.05) is 40.9 Å². The zero-order chi connectivity index (χ0) is 28.3. The number of hydrogen-bond acceptors (Lipinski definition) is 8. The maximum absolute atomic E-state index is 5.16. The van der Waals surface area contributed by atoms with Crippen molar-refractivity contribution in [2.45, 2.75) is 76.7 Å². The number of aromatic nitrogens is 5. The quantitative estimate of drug-likeness (QED) is 0.265. The summed E-state index contributed by atoms with van der Waals surface area (Å²) in [5.41, 5.74) is 6.30. The number of allylic oxidation sites excluding steroid dienone is 1. The summed E-state index contributed by atoms with van der Waals surface area (Å²) in [7, 11) is 0.929. The molecule has 0 bridgehead atoms. The van der Waals surface area contributed by atoms with Gasteiger partial charge in [0.25, 0.3) is 0 Å². The van der Waals surface area contributed by atoms with Crippen LogP contribution in [0.3, 0.4) is 0 Å². The molecular formula is C30H42N8S. The third-order valence-electron chi connectivity index (χ3n) is 7.56. The summed E-state index contributed by atoms with van der Waals surface area (Å²) in [4.78, 5) is 31.9. The lowest BCUT2D eigenvalue weighted by molar-refractivity contribution is 0.649. The number of hydrogen-bond donors (Lipinski definition) is 1. The number of nitrogens with one attached hydrogen (secondary N) is 1. The van der Waals surface area contributed by atoms with Gasteiger partial charge in [-0.1, -0.05) is 20.4 Å². The van der Waals surface area contributed by atoms with E-state index in [2.05, 4.69) is 83.3 Å². The van der Waals surface area contributed by atoms with Crippen molar-refractivity contribution >= 4 is 28.4 Å². The molecule has 0 amide bonds. The molecule has 1 aliphatic carbocycles. The van der Waals surface area contributed by atoms with Crippen LogP contribution >= 0.6 is 10.2 Å². The van der Waals surface area contributed by atoms with Crippen LogP contribution in [0.4, 0.5) is 11.5 Å². The van der Waals surface area contributed by atoms with Gasteiger partial charge in [0.05, 0.1) is 22.6 Å². The van der Waals surface area contributed by atoms with Crippen LogP contribution in [0.25, 0.3) is 11.4 Å². The Kier molecular flexibility index (Phi) is 8.81. The number of rotatable bonds is 12. The SMILES string of the molecule is C=Nc1c(C)nc(-c2c(CC)ncnc2C2CC2)nc1N(C(=C)Cc1ccc(S(C)(C)NC)cn1)C(C)CC. The van der Waals surface area contributed by atoms with Crippen LogP contribution in [0, 0.1) is 6.92 Å². The molecule has 1 unspecified atom stereocenters. The average molecular weight is 547 g/mol. The van der Waals surface area contributed by atoms with Crippen LogP contribution in [0.15, 0.2) is 46.8 Å². The van der Waals surface area contributed by atoms with Crippen LogP contribution in [0.1, 0.15) is 68.7 Å². The summed E-state index contributed by atoms with van der Waals surface area (Å²) in [6.45, 7) is 16.8. The summed E-state index contributed by atoms with van der Waals surface area (Å²) < 4.78 is 3.42. The minimum Gasteiger partial charge on any atom is -0.326 e. The molecule has 1 saturated carbocycles. The Bertz CT molecular complexity index is 1350. The smallest absolute Gasteiger partial charge is 0.165 e. The third kappa shape index (κ3) is 6.04. The van der Waals surface area contributed by atoms with Gasteiger partial charge in [0.2, 0.25) is 0 Å². The number of nitrogens with zero attached hydrogens (tertiary/aromatic N) is 7. The summed E-state index contributed by atoms with van der Waals surface area (Å²) in [6.07, 6.45) is 12.7. The molecule has 0 spiro atoms. The Balaban J connectivity index is 1.78. The van der Waals surface area contributed by atoms with Crippen molar-refractivity contribution in [3.63, 3.8) is 0 Å². The molecule has 3 aromatic rings. The van der Waals surface area contributed by atoms with Crippen LogP contribution < -0.4 is 9.62 Å². The van der Waals surface area contributed by atoms with Crippen LogP contribution in [-0.2, 0) is 12.8 Å². The molecule has 0 aliphatic heterocycles. The van der Waals surface area contributed by atoms with Gasteiger partial charge in [-0.3, -0.25) is 14.7 Å². The molecule has 9 heteroatoms. The van der Waals surface area contributed by atoms with Crippen LogP contribution in [0.5, 0.6) is 0 Å². The predicted molar refractivity (Wildman–Crippen MR) is 164 cm³/mol. The standard InChI is InChI=1S/C30H42N8S/c1-10-19(3)38(20(4)16-23-14-15-24(17-33-23)39(8,9)32-7)30-27(31-6)21(5)36-29(37-30)26-25(11-2)34-18-35-28(26)22-12-13-22/h14-15,17-19,22,32H,4,6,10-13,16H2,1-3,5,7-9H3. The van der Waals surface area contributed by atoms with Crippen molar-refractivity contribution in [1.82, 2.24) is 29.6 Å². The van der Waals surface area contributed by atoms with E-state index in [0.29, 0.717) is 23.9 Å². The van der Waals surface area contributed by atoms with Crippen LogP contribution in [0.2, 0.25) is 0 Å². The highest BCUT2D eigenvalue weighted by atomic mass is 32.3. The Morgan fingerprint density at radius 2 is 1.92 bits per heavy atom.